The molecule has 0 fully saturated rings. The number of rotatable bonds is 3. The van der Waals surface area contributed by atoms with E-state index >= 15 is 0 Å². The van der Waals surface area contributed by atoms with Gasteiger partial charge in [0.1, 0.15) is 5.52 Å². The van der Waals surface area contributed by atoms with Crippen LogP contribution in [0.25, 0.3) is 22.5 Å². The van der Waals surface area contributed by atoms with Crippen LogP contribution in [0.3, 0.4) is 0 Å². The van der Waals surface area contributed by atoms with Gasteiger partial charge in [-0.2, -0.15) is 4.98 Å². The van der Waals surface area contributed by atoms with Crippen LogP contribution in [0.5, 0.6) is 0 Å². The first-order valence-corrected chi connectivity index (χ1v) is 5.69. The molecular formula is C12H11N5O2. The molecule has 3 N–H and O–H groups in total. The van der Waals surface area contributed by atoms with Crippen molar-refractivity contribution in [2.75, 3.05) is 6.61 Å². The topological polar surface area (TPSA) is 111 Å². The van der Waals surface area contributed by atoms with Crippen molar-refractivity contribution in [3.8, 4) is 11.5 Å². The van der Waals surface area contributed by atoms with Crippen LogP contribution in [0.15, 0.2) is 35.1 Å². The predicted octanol–water partition coefficient (Wildman–Crippen LogP) is 0.672. The molecule has 0 spiro atoms. The lowest BCUT2D eigenvalue weighted by Crippen LogP contribution is -2.15. The minimum Gasteiger partial charge on any atom is -0.394 e. The Hall–Kier alpha value is -2.38. The molecule has 3 aromatic rings. The van der Waals surface area contributed by atoms with Gasteiger partial charge in [-0.3, -0.25) is 9.97 Å². The Morgan fingerprint density at radius 2 is 2.11 bits per heavy atom. The maximum Gasteiger partial charge on any atom is 0.260 e. The summed E-state index contributed by atoms with van der Waals surface area (Å²) < 4.78 is 5.16. The first-order valence-electron chi connectivity index (χ1n) is 5.69. The Morgan fingerprint density at radius 3 is 2.95 bits per heavy atom. The van der Waals surface area contributed by atoms with Gasteiger partial charge < -0.3 is 15.4 Å². The Balaban J connectivity index is 2.12. The van der Waals surface area contributed by atoms with E-state index in [0.717, 1.165) is 5.52 Å². The van der Waals surface area contributed by atoms with Crippen molar-refractivity contribution in [3.05, 3.63) is 36.4 Å². The highest BCUT2D eigenvalue weighted by Gasteiger charge is 2.16. The number of benzene rings is 1. The quantitative estimate of drug-likeness (QED) is 0.709. The first-order chi connectivity index (χ1) is 9.29. The van der Waals surface area contributed by atoms with Crippen molar-refractivity contribution in [1.29, 1.82) is 0 Å². The van der Waals surface area contributed by atoms with Crippen LogP contribution >= 0.6 is 0 Å². The lowest BCUT2D eigenvalue weighted by atomic mass is 10.1. The summed E-state index contributed by atoms with van der Waals surface area (Å²) in [5.74, 6) is 0.573. The molecule has 0 bridgehead atoms. The molecule has 0 saturated heterocycles. The van der Waals surface area contributed by atoms with Crippen molar-refractivity contribution < 1.29 is 9.63 Å². The summed E-state index contributed by atoms with van der Waals surface area (Å²) in [6, 6.07) is 4.85. The summed E-state index contributed by atoms with van der Waals surface area (Å²) in [6.45, 7) is -0.242. The van der Waals surface area contributed by atoms with Gasteiger partial charge in [0.15, 0.2) is 5.82 Å². The van der Waals surface area contributed by atoms with Gasteiger partial charge in [0, 0.05) is 12.4 Å². The van der Waals surface area contributed by atoms with E-state index in [9.17, 15) is 0 Å². The average molecular weight is 257 g/mol. The second kappa shape index (κ2) is 4.71. The molecule has 1 unspecified atom stereocenters. The zero-order valence-corrected chi connectivity index (χ0v) is 9.89. The average Bonchev–Trinajstić information content (AvgIpc) is 2.95. The van der Waals surface area contributed by atoms with E-state index in [1.807, 2.05) is 18.2 Å². The fraction of sp³-hybridized carbons (Fsp3) is 0.167. The standard InChI is InChI=1S/C12H11N5O2/c13-8(6-18)11-16-12(19-17-11)7-2-1-3-9-10(7)15-5-4-14-9/h1-5,8,18H,6,13H2. The van der Waals surface area contributed by atoms with E-state index in [1.165, 1.54) is 0 Å². The number of hydrogen-bond donors (Lipinski definition) is 2. The lowest BCUT2D eigenvalue weighted by molar-refractivity contribution is 0.260. The van der Waals surface area contributed by atoms with Gasteiger partial charge >= 0.3 is 0 Å². The number of hydrogen-bond acceptors (Lipinski definition) is 7. The smallest absolute Gasteiger partial charge is 0.260 e. The fourth-order valence-corrected chi connectivity index (χ4v) is 1.74. The van der Waals surface area contributed by atoms with E-state index in [0.29, 0.717) is 17.0 Å². The zero-order valence-electron chi connectivity index (χ0n) is 9.89. The fourth-order valence-electron chi connectivity index (χ4n) is 1.74. The van der Waals surface area contributed by atoms with Gasteiger partial charge in [-0.25, -0.2) is 0 Å². The van der Waals surface area contributed by atoms with Crippen molar-refractivity contribution in [1.82, 2.24) is 20.1 Å². The molecule has 3 rings (SSSR count). The highest BCUT2D eigenvalue weighted by Crippen LogP contribution is 2.25. The molecule has 0 aliphatic carbocycles. The van der Waals surface area contributed by atoms with Crippen molar-refractivity contribution >= 4 is 11.0 Å². The third kappa shape index (κ3) is 2.05. The molecule has 1 atom stereocenters. The minimum absolute atomic E-state index is 0.242. The summed E-state index contributed by atoms with van der Waals surface area (Å²) in [5.41, 5.74) is 7.75. The molecule has 2 aromatic heterocycles. The molecule has 1 aromatic carbocycles. The van der Waals surface area contributed by atoms with Crippen molar-refractivity contribution in [2.45, 2.75) is 6.04 Å². The molecule has 0 amide bonds. The molecule has 0 aliphatic heterocycles. The van der Waals surface area contributed by atoms with Gasteiger partial charge in [-0.1, -0.05) is 11.2 Å². The van der Waals surface area contributed by atoms with Gasteiger partial charge in [0.25, 0.3) is 5.89 Å². The van der Waals surface area contributed by atoms with Crippen LogP contribution in [-0.2, 0) is 0 Å². The monoisotopic (exact) mass is 257 g/mol. The second-order valence-corrected chi connectivity index (χ2v) is 3.98. The van der Waals surface area contributed by atoms with Crippen molar-refractivity contribution in [2.24, 2.45) is 5.73 Å². The number of fused-ring (bicyclic) bond motifs is 1. The van der Waals surface area contributed by atoms with Crippen LogP contribution in [-0.4, -0.2) is 31.8 Å². The third-order valence-corrected chi connectivity index (χ3v) is 2.70. The first kappa shape index (κ1) is 11.7. The Morgan fingerprint density at radius 1 is 1.26 bits per heavy atom. The van der Waals surface area contributed by atoms with Gasteiger partial charge in [0.05, 0.1) is 23.7 Å². The summed E-state index contributed by atoms with van der Waals surface area (Å²) in [4.78, 5) is 12.6. The molecule has 7 heteroatoms. The van der Waals surface area contributed by atoms with Gasteiger partial charge in [-0.05, 0) is 12.1 Å². The maximum absolute atomic E-state index is 8.97. The number of nitrogens with two attached hydrogens (primary N) is 1. The van der Waals surface area contributed by atoms with E-state index in [-0.39, 0.29) is 12.4 Å². The summed E-state index contributed by atoms with van der Waals surface area (Å²) in [6.07, 6.45) is 3.22. The van der Waals surface area contributed by atoms with Crippen LogP contribution < -0.4 is 5.73 Å². The number of aliphatic hydroxyl groups is 1. The Labute approximate surface area is 108 Å². The number of nitrogens with zero attached hydrogens (tertiary/aromatic N) is 4. The normalized spacial score (nSPS) is 12.7. The predicted molar refractivity (Wildman–Crippen MR) is 66.8 cm³/mol. The summed E-state index contributed by atoms with van der Waals surface area (Å²) in [5, 5.41) is 12.7. The SMILES string of the molecule is NC(CO)c1noc(-c2cccc3nccnc23)n1. The van der Waals surface area contributed by atoms with Crippen LogP contribution in [0.4, 0.5) is 0 Å². The zero-order chi connectivity index (χ0) is 13.2. The highest BCUT2D eigenvalue weighted by atomic mass is 16.5. The number of para-hydroxylation sites is 1. The summed E-state index contributed by atoms with van der Waals surface area (Å²) >= 11 is 0. The molecule has 0 aliphatic rings. The van der Waals surface area contributed by atoms with Crippen LogP contribution in [0, 0.1) is 0 Å². The van der Waals surface area contributed by atoms with E-state index in [1.54, 1.807) is 12.4 Å². The number of aromatic nitrogens is 4. The third-order valence-electron chi connectivity index (χ3n) is 2.70. The highest BCUT2D eigenvalue weighted by molar-refractivity contribution is 5.88. The van der Waals surface area contributed by atoms with E-state index < -0.39 is 6.04 Å². The van der Waals surface area contributed by atoms with Crippen molar-refractivity contribution in [3.63, 3.8) is 0 Å². The van der Waals surface area contributed by atoms with Crippen LogP contribution in [0.1, 0.15) is 11.9 Å². The molecule has 0 radical (unpaired) electrons. The van der Waals surface area contributed by atoms with Crippen LogP contribution in [0.2, 0.25) is 0 Å². The summed E-state index contributed by atoms with van der Waals surface area (Å²) in [7, 11) is 0. The number of aliphatic hydroxyl groups excluding tert-OH is 1. The molecule has 7 nitrogen and oxygen atoms in total. The molecule has 0 saturated carbocycles. The lowest BCUT2D eigenvalue weighted by Gasteiger charge is -2.00. The Kier molecular flexibility index (Phi) is 2.90. The molecule has 2 heterocycles. The Bertz CT molecular complexity index is 707. The van der Waals surface area contributed by atoms with E-state index in [2.05, 4.69) is 20.1 Å². The molecule has 96 valence electrons. The maximum atomic E-state index is 8.97. The van der Waals surface area contributed by atoms with Gasteiger partial charge in [-0.15, -0.1) is 0 Å². The second-order valence-electron chi connectivity index (χ2n) is 3.98. The molecule has 19 heavy (non-hydrogen) atoms. The molecular weight excluding hydrogens is 246 g/mol. The minimum atomic E-state index is -0.654. The van der Waals surface area contributed by atoms with E-state index in [4.69, 9.17) is 15.4 Å². The largest absolute Gasteiger partial charge is 0.394 e. The van der Waals surface area contributed by atoms with Gasteiger partial charge in [0.2, 0.25) is 0 Å².